The van der Waals surface area contributed by atoms with Gasteiger partial charge in [-0.2, -0.15) is 0 Å². The van der Waals surface area contributed by atoms with Gasteiger partial charge in [-0.05, 0) is 48.4 Å². The Bertz CT molecular complexity index is 1370. The van der Waals surface area contributed by atoms with Crippen molar-refractivity contribution in [2.24, 2.45) is 0 Å². The Morgan fingerprint density at radius 2 is 1.82 bits per heavy atom. The maximum absolute atomic E-state index is 13.1. The summed E-state index contributed by atoms with van der Waals surface area (Å²) >= 11 is 3.00. The molecule has 9 heteroatoms. The normalized spacial score (nSPS) is 13.8. The fourth-order valence-corrected chi connectivity index (χ4v) is 5.87. The van der Waals surface area contributed by atoms with Crippen molar-refractivity contribution in [1.29, 1.82) is 0 Å². The molecule has 1 aliphatic rings. The molecule has 5 rings (SSSR count). The minimum Gasteiger partial charge on any atom is -0.350 e. The number of piperidine rings is 1. The fourth-order valence-electron chi connectivity index (χ4n) is 4.15. The molecule has 0 aliphatic carbocycles. The Kier molecular flexibility index (Phi) is 6.55. The van der Waals surface area contributed by atoms with Crippen molar-refractivity contribution in [3.05, 3.63) is 75.0 Å². The van der Waals surface area contributed by atoms with Gasteiger partial charge in [0.25, 0.3) is 11.5 Å². The molecule has 0 saturated carbocycles. The smallest absolute Gasteiger partial charge is 0.263 e. The Labute approximate surface area is 204 Å². The summed E-state index contributed by atoms with van der Waals surface area (Å²) in [6.07, 6.45) is 4.73. The van der Waals surface area contributed by atoms with Gasteiger partial charge in [0.1, 0.15) is 11.4 Å². The molecule has 0 spiro atoms. The number of likely N-dealkylation sites (tertiary alicyclic amines) is 1. The van der Waals surface area contributed by atoms with Crippen molar-refractivity contribution in [3.63, 3.8) is 0 Å². The Morgan fingerprint density at radius 1 is 1.03 bits per heavy atom. The van der Waals surface area contributed by atoms with Gasteiger partial charge in [-0.1, -0.05) is 18.2 Å². The highest BCUT2D eigenvalue weighted by molar-refractivity contribution is 7.18. The maximum atomic E-state index is 13.1. The number of rotatable bonds is 6. The molecular formula is C25H24N4O3S2. The third-order valence-electron chi connectivity index (χ3n) is 6.00. The van der Waals surface area contributed by atoms with Crippen LogP contribution in [0.3, 0.4) is 0 Å². The van der Waals surface area contributed by atoms with Crippen LogP contribution in [0.4, 0.5) is 0 Å². The number of amides is 2. The van der Waals surface area contributed by atoms with Gasteiger partial charge in [0.15, 0.2) is 0 Å². The molecule has 7 nitrogen and oxygen atoms in total. The summed E-state index contributed by atoms with van der Waals surface area (Å²) in [5, 5.41) is 7.32. The number of nitrogens with one attached hydrogen (secondary N) is 1. The number of aromatic nitrogens is 2. The van der Waals surface area contributed by atoms with Crippen molar-refractivity contribution in [3.8, 4) is 10.4 Å². The molecule has 0 unspecified atom stereocenters. The van der Waals surface area contributed by atoms with E-state index in [2.05, 4.69) is 10.3 Å². The van der Waals surface area contributed by atoms with Crippen molar-refractivity contribution in [2.45, 2.75) is 32.4 Å². The highest BCUT2D eigenvalue weighted by atomic mass is 32.1. The van der Waals surface area contributed by atoms with Crippen LogP contribution in [0.5, 0.6) is 0 Å². The number of fused-ring (bicyclic) bond motifs is 1. The predicted octanol–water partition coefficient (Wildman–Crippen LogP) is 4.13. The predicted molar refractivity (Wildman–Crippen MR) is 135 cm³/mol. The molecule has 4 heterocycles. The van der Waals surface area contributed by atoms with Gasteiger partial charge in [0.2, 0.25) is 5.91 Å². The van der Waals surface area contributed by atoms with Gasteiger partial charge >= 0.3 is 0 Å². The van der Waals surface area contributed by atoms with E-state index in [4.69, 9.17) is 0 Å². The number of hydrogen-bond acceptors (Lipinski definition) is 6. The number of nitrogens with zero attached hydrogens (tertiary/aromatic N) is 3. The lowest BCUT2D eigenvalue weighted by atomic mass is 10.1. The zero-order valence-electron chi connectivity index (χ0n) is 18.5. The molecule has 0 radical (unpaired) electrons. The summed E-state index contributed by atoms with van der Waals surface area (Å²) in [6.45, 7) is 1.85. The van der Waals surface area contributed by atoms with E-state index in [0.717, 1.165) is 41.9 Å². The molecule has 1 aliphatic heterocycles. The zero-order valence-corrected chi connectivity index (χ0v) is 20.2. The first-order valence-electron chi connectivity index (χ1n) is 11.3. The van der Waals surface area contributed by atoms with Crippen LogP contribution in [0.15, 0.2) is 58.3 Å². The van der Waals surface area contributed by atoms with E-state index in [0.29, 0.717) is 22.3 Å². The summed E-state index contributed by atoms with van der Waals surface area (Å²) in [6, 6.07) is 11.3. The number of carbonyl (C=O) groups excluding carboxylic acids is 2. The lowest BCUT2D eigenvalue weighted by Gasteiger charge is -2.26. The minimum absolute atomic E-state index is 0.0629. The van der Waals surface area contributed by atoms with Gasteiger partial charge in [-0.3, -0.25) is 19.0 Å². The summed E-state index contributed by atoms with van der Waals surface area (Å²) in [4.78, 5) is 46.2. The SMILES string of the molecule is O=C(Cn1cnc2scc(-c3cccs3)c2c1=O)NCc1ccc(C(=O)N2CCCCC2)cc1. The quantitative estimate of drug-likeness (QED) is 0.439. The molecule has 174 valence electrons. The molecule has 34 heavy (non-hydrogen) atoms. The van der Waals surface area contributed by atoms with Gasteiger partial charge in [-0.25, -0.2) is 4.98 Å². The highest BCUT2D eigenvalue weighted by Gasteiger charge is 2.18. The largest absolute Gasteiger partial charge is 0.350 e. The zero-order chi connectivity index (χ0) is 23.5. The standard InChI is InChI=1S/C25H24N4O3S2/c30-21(26-13-17-6-8-18(9-7-17)24(31)28-10-2-1-3-11-28)14-29-16-27-23-22(25(29)32)19(15-34-23)20-5-4-12-33-20/h4-9,12,15-16H,1-3,10-11,13-14H2,(H,26,30). The first-order chi connectivity index (χ1) is 16.6. The Balaban J connectivity index is 1.23. The topological polar surface area (TPSA) is 84.3 Å². The third-order valence-corrected chi connectivity index (χ3v) is 7.78. The lowest BCUT2D eigenvalue weighted by molar-refractivity contribution is -0.121. The number of benzene rings is 1. The molecule has 1 saturated heterocycles. The van der Waals surface area contributed by atoms with Crippen LogP contribution in [0.25, 0.3) is 20.7 Å². The van der Waals surface area contributed by atoms with Crippen molar-refractivity contribution in [2.75, 3.05) is 13.1 Å². The molecular weight excluding hydrogens is 468 g/mol. The van der Waals surface area contributed by atoms with E-state index in [9.17, 15) is 14.4 Å². The first kappa shape index (κ1) is 22.5. The second-order valence-corrected chi connectivity index (χ2v) is 10.1. The lowest BCUT2D eigenvalue weighted by Crippen LogP contribution is -2.35. The van der Waals surface area contributed by atoms with Crippen LogP contribution in [0, 0.1) is 0 Å². The van der Waals surface area contributed by atoms with Crippen LogP contribution in [-0.2, 0) is 17.9 Å². The number of hydrogen-bond donors (Lipinski definition) is 1. The summed E-state index contributed by atoms with van der Waals surface area (Å²) in [7, 11) is 0. The average Bonchev–Trinajstić information content (AvgIpc) is 3.55. The number of thiophene rings is 2. The molecule has 3 aromatic heterocycles. The highest BCUT2D eigenvalue weighted by Crippen LogP contribution is 2.33. The molecule has 0 atom stereocenters. The van der Waals surface area contributed by atoms with Crippen LogP contribution < -0.4 is 10.9 Å². The summed E-state index contributed by atoms with van der Waals surface area (Å²) < 4.78 is 1.35. The molecule has 1 N–H and O–H groups in total. The maximum Gasteiger partial charge on any atom is 0.263 e. The van der Waals surface area contributed by atoms with Gasteiger partial charge < -0.3 is 10.2 Å². The molecule has 0 bridgehead atoms. The van der Waals surface area contributed by atoms with E-state index in [1.165, 1.54) is 28.7 Å². The monoisotopic (exact) mass is 492 g/mol. The fraction of sp³-hybridized carbons (Fsp3) is 0.280. The van der Waals surface area contributed by atoms with Crippen LogP contribution >= 0.6 is 22.7 Å². The van der Waals surface area contributed by atoms with E-state index in [-0.39, 0.29) is 23.9 Å². The molecule has 1 fully saturated rings. The molecule has 4 aromatic rings. The van der Waals surface area contributed by atoms with Crippen molar-refractivity contribution >= 4 is 44.7 Å². The molecule has 1 aromatic carbocycles. The average molecular weight is 493 g/mol. The van der Waals surface area contributed by atoms with Crippen LogP contribution in [0.2, 0.25) is 0 Å². The minimum atomic E-state index is -0.273. The van der Waals surface area contributed by atoms with Gasteiger partial charge in [0, 0.05) is 41.0 Å². The van der Waals surface area contributed by atoms with E-state index >= 15 is 0 Å². The van der Waals surface area contributed by atoms with Crippen LogP contribution in [0.1, 0.15) is 35.2 Å². The third kappa shape index (κ3) is 4.67. The second kappa shape index (κ2) is 9.90. The van der Waals surface area contributed by atoms with Gasteiger partial charge in [0.05, 0.1) is 11.7 Å². The van der Waals surface area contributed by atoms with E-state index < -0.39 is 0 Å². The second-order valence-electron chi connectivity index (χ2n) is 8.31. The van der Waals surface area contributed by atoms with Crippen molar-refractivity contribution in [1.82, 2.24) is 19.8 Å². The molecule has 2 amide bonds. The van der Waals surface area contributed by atoms with Crippen LogP contribution in [-0.4, -0.2) is 39.4 Å². The summed E-state index contributed by atoms with van der Waals surface area (Å²) in [5.41, 5.74) is 2.20. The van der Waals surface area contributed by atoms with E-state index in [1.807, 2.05) is 52.1 Å². The van der Waals surface area contributed by atoms with E-state index in [1.54, 1.807) is 11.3 Å². The Hall–Kier alpha value is -3.30. The first-order valence-corrected chi connectivity index (χ1v) is 13.0. The van der Waals surface area contributed by atoms with Gasteiger partial charge in [-0.15, -0.1) is 22.7 Å². The number of carbonyl (C=O) groups is 2. The summed E-state index contributed by atoms with van der Waals surface area (Å²) in [5.74, 6) is -0.211. The van der Waals surface area contributed by atoms with Crippen molar-refractivity contribution < 1.29 is 9.59 Å². The Morgan fingerprint density at radius 3 is 2.56 bits per heavy atom.